The summed E-state index contributed by atoms with van der Waals surface area (Å²) < 4.78 is 10.6. The van der Waals surface area contributed by atoms with Gasteiger partial charge >= 0.3 is 0 Å². The molecule has 0 atom stereocenters. The normalized spacial score (nSPS) is 9.85. The van der Waals surface area contributed by atoms with Gasteiger partial charge in [-0.05, 0) is 12.1 Å². The Morgan fingerprint density at radius 1 is 1.10 bits per heavy atom. The average Bonchev–Trinajstić information content (AvgIpc) is 2.45. The summed E-state index contributed by atoms with van der Waals surface area (Å²) in [5.74, 6) is 0.990. The maximum absolute atomic E-state index is 9.25. The fourth-order valence-corrected chi connectivity index (χ4v) is 1.87. The molecule has 0 aliphatic carbocycles. The first-order valence-corrected chi connectivity index (χ1v) is 5.66. The summed E-state index contributed by atoms with van der Waals surface area (Å²) in [6.07, 6.45) is 0. The molecule has 1 aromatic heterocycles. The molecule has 0 spiro atoms. The number of nitriles is 1. The molecule has 102 valence electrons. The first kappa shape index (κ1) is 13.4. The van der Waals surface area contributed by atoms with Crippen LogP contribution < -0.4 is 20.9 Å². The highest BCUT2D eigenvalue weighted by Gasteiger charge is 2.20. The summed E-state index contributed by atoms with van der Waals surface area (Å²) in [6.45, 7) is 0. The molecule has 0 aliphatic heterocycles. The van der Waals surface area contributed by atoms with Gasteiger partial charge in [-0.3, -0.25) is 0 Å². The summed E-state index contributed by atoms with van der Waals surface area (Å²) in [6, 6.07) is 7.20. The molecule has 7 heteroatoms. The smallest absolute Gasteiger partial charge is 0.222 e. The second kappa shape index (κ2) is 5.32. The lowest BCUT2D eigenvalue weighted by Gasteiger charge is -2.14. The first-order chi connectivity index (χ1) is 9.62. The predicted molar refractivity (Wildman–Crippen MR) is 74.1 cm³/mol. The van der Waals surface area contributed by atoms with Gasteiger partial charge in [0.2, 0.25) is 5.95 Å². The van der Waals surface area contributed by atoms with Crippen LogP contribution in [0.1, 0.15) is 5.56 Å². The van der Waals surface area contributed by atoms with Crippen molar-refractivity contribution in [1.29, 1.82) is 5.26 Å². The number of nitrogens with two attached hydrogens (primary N) is 2. The van der Waals surface area contributed by atoms with E-state index in [1.165, 1.54) is 14.2 Å². The molecule has 20 heavy (non-hydrogen) atoms. The highest BCUT2D eigenvalue weighted by molar-refractivity contribution is 5.81. The number of benzene rings is 1. The Labute approximate surface area is 115 Å². The number of hydrogen-bond acceptors (Lipinski definition) is 7. The third-order valence-corrected chi connectivity index (χ3v) is 2.73. The predicted octanol–water partition coefficient (Wildman–Crippen LogP) is 1.20. The van der Waals surface area contributed by atoms with Gasteiger partial charge in [-0.15, -0.1) is 0 Å². The van der Waals surface area contributed by atoms with Gasteiger partial charge in [0.15, 0.2) is 0 Å². The second-order valence-corrected chi connectivity index (χ2v) is 3.84. The Balaban J connectivity index is 2.84. The van der Waals surface area contributed by atoms with Crippen molar-refractivity contribution in [1.82, 2.24) is 9.97 Å². The topological polar surface area (TPSA) is 120 Å². The van der Waals surface area contributed by atoms with Crippen molar-refractivity contribution in [3.8, 4) is 28.8 Å². The van der Waals surface area contributed by atoms with Gasteiger partial charge < -0.3 is 20.9 Å². The van der Waals surface area contributed by atoms with Crippen LogP contribution in [0, 0.1) is 11.3 Å². The molecule has 4 N–H and O–H groups in total. The van der Waals surface area contributed by atoms with E-state index in [0.29, 0.717) is 17.1 Å². The maximum atomic E-state index is 9.25. The van der Waals surface area contributed by atoms with Crippen molar-refractivity contribution in [2.45, 2.75) is 0 Å². The zero-order valence-corrected chi connectivity index (χ0v) is 11.0. The van der Waals surface area contributed by atoms with Crippen molar-refractivity contribution in [2.24, 2.45) is 0 Å². The number of methoxy groups -OCH3 is 2. The number of nitrogens with zero attached hydrogens (tertiary/aromatic N) is 3. The van der Waals surface area contributed by atoms with E-state index < -0.39 is 0 Å². The van der Waals surface area contributed by atoms with Gasteiger partial charge in [0.05, 0.1) is 19.8 Å². The number of rotatable bonds is 3. The van der Waals surface area contributed by atoms with E-state index in [0.717, 1.165) is 0 Å². The Bertz CT molecular complexity index is 672. The molecule has 0 aliphatic rings. The molecule has 0 radical (unpaired) electrons. The maximum Gasteiger partial charge on any atom is 0.222 e. The van der Waals surface area contributed by atoms with Crippen LogP contribution in [0.2, 0.25) is 0 Å². The Kier molecular flexibility index (Phi) is 3.57. The third-order valence-electron chi connectivity index (χ3n) is 2.73. The molecule has 2 aromatic rings. The van der Waals surface area contributed by atoms with E-state index >= 15 is 0 Å². The van der Waals surface area contributed by atoms with Crippen LogP contribution in [0.4, 0.5) is 11.8 Å². The SMILES string of the molecule is COc1cccc(OC)c1-c1nc(N)nc(N)c1C#N. The number of hydrogen-bond donors (Lipinski definition) is 2. The van der Waals surface area contributed by atoms with Gasteiger partial charge in [-0.25, -0.2) is 4.98 Å². The first-order valence-electron chi connectivity index (χ1n) is 5.66. The number of ether oxygens (including phenoxy) is 2. The largest absolute Gasteiger partial charge is 0.496 e. The number of aromatic nitrogens is 2. The van der Waals surface area contributed by atoms with E-state index in [1.54, 1.807) is 18.2 Å². The van der Waals surface area contributed by atoms with Gasteiger partial charge in [0, 0.05) is 0 Å². The average molecular weight is 271 g/mol. The lowest BCUT2D eigenvalue weighted by molar-refractivity contribution is 0.397. The monoisotopic (exact) mass is 271 g/mol. The van der Waals surface area contributed by atoms with E-state index in [2.05, 4.69) is 9.97 Å². The van der Waals surface area contributed by atoms with Gasteiger partial charge in [0.25, 0.3) is 0 Å². The summed E-state index contributed by atoms with van der Waals surface area (Å²) in [5, 5.41) is 9.25. The third kappa shape index (κ3) is 2.14. The molecule has 7 nitrogen and oxygen atoms in total. The van der Waals surface area contributed by atoms with Crippen LogP contribution >= 0.6 is 0 Å². The van der Waals surface area contributed by atoms with Crippen LogP contribution in [-0.4, -0.2) is 24.2 Å². The summed E-state index contributed by atoms with van der Waals surface area (Å²) in [7, 11) is 3.02. The van der Waals surface area contributed by atoms with Crippen LogP contribution in [0.5, 0.6) is 11.5 Å². The van der Waals surface area contributed by atoms with Crippen molar-refractivity contribution in [3.05, 3.63) is 23.8 Å². The molecule has 0 amide bonds. The fourth-order valence-electron chi connectivity index (χ4n) is 1.87. The van der Waals surface area contributed by atoms with Gasteiger partial charge in [-0.2, -0.15) is 10.2 Å². The molecule has 0 fully saturated rings. The molecule has 0 saturated heterocycles. The van der Waals surface area contributed by atoms with Crippen LogP contribution in [0.25, 0.3) is 11.3 Å². The van der Waals surface area contributed by atoms with Crippen molar-refractivity contribution in [2.75, 3.05) is 25.7 Å². The standard InChI is InChI=1S/C13H13N5O2/c1-19-8-4-3-5-9(20-2)10(8)11-7(6-14)12(15)18-13(16)17-11/h3-5H,1-2H3,(H4,15,16,17,18). The fraction of sp³-hybridized carbons (Fsp3) is 0.154. The quantitative estimate of drug-likeness (QED) is 0.860. The van der Waals surface area contributed by atoms with Crippen LogP contribution in [-0.2, 0) is 0 Å². The van der Waals surface area contributed by atoms with Crippen LogP contribution in [0.3, 0.4) is 0 Å². The summed E-state index contributed by atoms with van der Waals surface area (Å²) in [5.41, 5.74) is 12.2. The van der Waals surface area contributed by atoms with Gasteiger partial charge in [0.1, 0.15) is 34.6 Å². The zero-order chi connectivity index (χ0) is 14.7. The summed E-state index contributed by atoms with van der Waals surface area (Å²) >= 11 is 0. The Morgan fingerprint density at radius 3 is 2.20 bits per heavy atom. The summed E-state index contributed by atoms with van der Waals surface area (Å²) in [4.78, 5) is 7.88. The van der Waals surface area contributed by atoms with Crippen LogP contribution in [0.15, 0.2) is 18.2 Å². The molecule has 0 bridgehead atoms. The molecular weight excluding hydrogens is 258 g/mol. The highest BCUT2D eigenvalue weighted by atomic mass is 16.5. The highest BCUT2D eigenvalue weighted by Crippen LogP contribution is 2.39. The zero-order valence-electron chi connectivity index (χ0n) is 11.0. The van der Waals surface area contributed by atoms with Crippen molar-refractivity contribution >= 4 is 11.8 Å². The lowest BCUT2D eigenvalue weighted by Crippen LogP contribution is -2.06. The van der Waals surface area contributed by atoms with Crippen molar-refractivity contribution in [3.63, 3.8) is 0 Å². The minimum atomic E-state index is -0.0236. The molecule has 2 rings (SSSR count). The minimum Gasteiger partial charge on any atom is -0.496 e. The van der Waals surface area contributed by atoms with Gasteiger partial charge in [-0.1, -0.05) is 6.07 Å². The lowest BCUT2D eigenvalue weighted by atomic mass is 10.0. The van der Waals surface area contributed by atoms with E-state index in [-0.39, 0.29) is 23.0 Å². The molecule has 1 heterocycles. The van der Waals surface area contributed by atoms with E-state index in [4.69, 9.17) is 20.9 Å². The second-order valence-electron chi connectivity index (χ2n) is 3.84. The minimum absolute atomic E-state index is 0.0166. The number of anilines is 2. The van der Waals surface area contributed by atoms with E-state index in [9.17, 15) is 5.26 Å². The Hall–Kier alpha value is -3.01. The Morgan fingerprint density at radius 2 is 1.70 bits per heavy atom. The molecule has 0 saturated carbocycles. The molecule has 0 unspecified atom stereocenters. The molecular formula is C13H13N5O2. The molecule has 1 aromatic carbocycles. The van der Waals surface area contributed by atoms with Crippen molar-refractivity contribution < 1.29 is 9.47 Å². The van der Waals surface area contributed by atoms with E-state index in [1.807, 2.05) is 6.07 Å². The number of nitrogen functional groups attached to an aromatic ring is 2.